The predicted octanol–water partition coefficient (Wildman–Crippen LogP) is 2.16. The molecule has 1 aliphatic heterocycles. The quantitative estimate of drug-likeness (QED) is 0.435. The van der Waals surface area contributed by atoms with Crippen LogP contribution in [-0.2, 0) is 0 Å². The van der Waals surface area contributed by atoms with E-state index in [1.54, 1.807) is 0 Å². The number of nitrogens with one attached hydrogen (secondary N) is 2. The van der Waals surface area contributed by atoms with Crippen LogP contribution >= 0.6 is 24.0 Å². The highest BCUT2D eigenvalue weighted by atomic mass is 127. The standard InChI is InChI=1S/C14H30N4.HI/c1-12(2)11-17-14(15-4)16-7-10-18-8-5-13(3)6-9-18;/h12-13H,5-11H2,1-4H3,(H2,15,16,17);1H. The van der Waals surface area contributed by atoms with Crippen molar-refractivity contribution in [3.05, 3.63) is 0 Å². The number of piperidine rings is 1. The van der Waals surface area contributed by atoms with Crippen molar-refractivity contribution < 1.29 is 0 Å². The minimum atomic E-state index is 0. The monoisotopic (exact) mass is 382 g/mol. The summed E-state index contributed by atoms with van der Waals surface area (Å²) in [7, 11) is 1.83. The molecule has 0 radical (unpaired) electrons. The maximum absolute atomic E-state index is 4.23. The zero-order valence-electron chi connectivity index (χ0n) is 12.9. The Kier molecular flexibility index (Phi) is 10.7. The van der Waals surface area contributed by atoms with Gasteiger partial charge in [-0.3, -0.25) is 4.99 Å². The Balaban J connectivity index is 0.00000324. The van der Waals surface area contributed by atoms with E-state index in [1.165, 1.54) is 25.9 Å². The van der Waals surface area contributed by atoms with Crippen molar-refractivity contribution >= 4 is 29.9 Å². The highest BCUT2D eigenvalue weighted by Crippen LogP contribution is 2.14. The molecule has 0 aromatic rings. The van der Waals surface area contributed by atoms with Gasteiger partial charge in [0.05, 0.1) is 0 Å². The minimum Gasteiger partial charge on any atom is -0.356 e. The van der Waals surface area contributed by atoms with Crippen LogP contribution in [0.2, 0.25) is 0 Å². The highest BCUT2D eigenvalue weighted by molar-refractivity contribution is 14.0. The third kappa shape index (κ3) is 8.68. The molecule has 0 amide bonds. The van der Waals surface area contributed by atoms with Gasteiger partial charge in [-0.05, 0) is 37.8 Å². The fourth-order valence-corrected chi connectivity index (χ4v) is 2.14. The van der Waals surface area contributed by atoms with Gasteiger partial charge in [-0.25, -0.2) is 0 Å². The van der Waals surface area contributed by atoms with Crippen LogP contribution in [0.25, 0.3) is 0 Å². The molecule has 4 nitrogen and oxygen atoms in total. The van der Waals surface area contributed by atoms with Gasteiger partial charge in [-0.1, -0.05) is 20.8 Å². The number of likely N-dealkylation sites (tertiary alicyclic amines) is 1. The van der Waals surface area contributed by atoms with Gasteiger partial charge < -0.3 is 15.5 Å². The van der Waals surface area contributed by atoms with E-state index in [0.717, 1.165) is 31.5 Å². The summed E-state index contributed by atoms with van der Waals surface area (Å²) in [5.41, 5.74) is 0. The molecule has 1 heterocycles. The second-order valence-corrected chi connectivity index (χ2v) is 5.80. The Hall–Kier alpha value is -0.0400. The zero-order chi connectivity index (χ0) is 13.4. The second kappa shape index (κ2) is 10.7. The third-order valence-corrected chi connectivity index (χ3v) is 3.50. The Bertz CT molecular complexity index is 248. The lowest BCUT2D eigenvalue weighted by molar-refractivity contribution is 0.195. The SMILES string of the molecule is CN=C(NCCN1CCC(C)CC1)NCC(C)C.I. The van der Waals surface area contributed by atoms with Crippen molar-refractivity contribution in [2.45, 2.75) is 33.6 Å². The first-order valence-electron chi connectivity index (χ1n) is 7.28. The van der Waals surface area contributed by atoms with Crippen LogP contribution in [0.4, 0.5) is 0 Å². The molecule has 0 aliphatic carbocycles. The molecule has 5 heteroatoms. The number of guanidine groups is 1. The lowest BCUT2D eigenvalue weighted by Crippen LogP contribution is -2.44. The van der Waals surface area contributed by atoms with Crippen molar-refractivity contribution in [3.63, 3.8) is 0 Å². The molecule has 0 bridgehead atoms. The van der Waals surface area contributed by atoms with E-state index in [0.29, 0.717) is 5.92 Å². The molecule has 1 saturated heterocycles. The van der Waals surface area contributed by atoms with Crippen LogP contribution in [0.3, 0.4) is 0 Å². The summed E-state index contributed by atoms with van der Waals surface area (Å²) in [5, 5.41) is 6.71. The summed E-state index contributed by atoms with van der Waals surface area (Å²) in [5.74, 6) is 2.48. The predicted molar refractivity (Wildman–Crippen MR) is 94.5 cm³/mol. The van der Waals surface area contributed by atoms with Crippen LogP contribution in [-0.4, -0.2) is 50.6 Å². The molecular formula is C14H31IN4. The average molecular weight is 382 g/mol. The molecule has 114 valence electrons. The first-order chi connectivity index (χ1) is 8.61. The Morgan fingerprint density at radius 1 is 1.26 bits per heavy atom. The van der Waals surface area contributed by atoms with E-state index >= 15 is 0 Å². The molecule has 0 atom stereocenters. The fraction of sp³-hybridized carbons (Fsp3) is 0.929. The molecule has 1 aliphatic rings. The number of hydrogen-bond donors (Lipinski definition) is 2. The third-order valence-electron chi connectivity index (χ3n) is 3.50. The van der Waals surface area contributed by atoms with E-state index in [1.807, 2.05) is 7.05 Å². The molecule has 0 saturated carbocycles. The molecular weight excluding hydrogens is 351 g/mol. The van der Waals surface area contributed by atoms with Crippen LogP contribution < -0.4 is 10.6 Å². The summed E-state index contributed by atoms with van der Waals surface area (Å²) in [6, 6.07) is 0. The fourth-order valence-electron chi connectivity index (χ4n) is 2.14. The molecule has 0 unspecified atom stereocenters. The normalized spacial score (nSPS) is 18.3. The lowest BCUT2D eigenvalue weighted by Gasteiger charge is -2.30. The maximum Gasteiger partial charge on any atom is 0.191 e. The summed E-state index contributed by atoms with van der Waals surface area (Å²) in [4.78, 5) is 6.77. The van der Waals surface area contributed by atoms with Crippen LogP contribution in [0, 0.1) is 11.8 Å². The van der Waals surface area contributed by atoms with Gasteiger partial charge >= 0.3 is 0 Å². The van der Waals surface area contributed by atoms with Crippen molar-refractivity contribution in [2.24, 2.45) is 16.8 Å². The summed E-state index contributed by atoms with van der Waals surface area (Å²) < 4.78 is 0. The first kappa shape index (κ1) is 19.0. The lowest BCUT2D eigenvalue weighted by atomic mass is 9.99. The van der Waals surface area contributed by atoms with Crippen molar-refractivity contribution in [1.29, 1.82) is 0 Å². The largest absolute Gasteiger partial charge is 0.356 e. The number of nitrogens with zero attached hydrogens (tertiary/aromatic N) is 2. The van der Waals surface area contributed by atoms with Gasteiger partial charge in [0.1, 0.15) is 0 Å². The molecule has 0 aromatic carbocycles. The van der Waals surface area contributed by atoms with Gasteiger partial charge in [0, 0.05) is 26.7 Å². The number of aliphatic imine (C=N–C) groups is 1. The first-order valence-corrected chi connectivity index (χ1v) is 7.28. The maximum atomic E-state index is 4.23. The number of rotatable bonds is 5. The highest BCUT2D eigenvalue weighted by Gasteiger charge is 2.14. The van der Waals surface area contributed by atoms with Gasteiger partial charge in [0.15, 0.2) is 5.96 Å². The Labute approximate surface area is 135 Å². The molecule has 19 heavy (non-hydrogen) atoms. The van der Waals surface area contributed by atoms with E-state index in [2.05, 4.69) is 41.3 Å². The van der Waals surface area contributed by atoms with Gasteiger partial charge in [0.2, 0.25) is 0 Å². The van der Waals surface area contributed by atoms with Crippen molar-refractivity contribution in [3.8, 4) is 0 Å². The molecule has 2 N–H and O–H groups in total. The molecule has 1 rings (SSSR count). The van der Waals surface area contributed by atoms with Crippen LogP contribution in [0.1, 0.15) is 33.6 Å². The topological polar surface area (TPSA) is 39.7 Å². The average Bonchev–Trinajstić information content (AvgIpc) is 2.35. The second-order valence-electron chi connectivity index (χ2n) is 5.80. The smallest absolute Gasteiger partial charge is 0.191 e. The minimum absolute atomic E-state index is 0. The Morgan fingerprint density at radius 2 is 1.89 bits per heavy atom. The molecule has 0 spiro atoms. The van der Waals surface area contributed by atoms with E-state index in [-0.39, 0.29) is 24.0 Å². The zero-order valence-corrected chi connectivity index (χ0v) is 15.2. The summed E-state index contributed by atoms with van der Waals surface area (Å²) >= 11 is 0. The van der Waals surface area contributed by atoms with Gasteiger partial charge in [-0.15, -0.1) is 24.0 Å². The summed E-state index contributed by atoms with van der Waals surface area (Å²) in [6.45, 7) is 12.3. The van der Waals surface area contributed by atoms with Crippen LogP contribution in [0.15, 0.2) is 4.99 Å². The number of hydrogen-bond acceptors (Lipinski definition) is 2. The molecule has 0 aromatic heterocycles. The molecule has 1 fully saturated rings. The summed E-state index contributed by atoms with van der Waals surface area (Å²) in [6.07, 6.45) is 2.70. The van der Waals surface area contributed by atoms with Crippen LogP contribution in [0.5, 0.6) is 0 Å². The Morgan fingerprint density at radius 3 is 2.42 bits per heavy atom. The van der Waals surface area contributed by atoms with Gasteiger partial charge in [0.25, 0.3) is 0 Å². The van der Waals surface area contributed by atoms with E-state index < -0.39 is 0 Å². The van der Waals surface area contributed by atoms with Gasteiger partial charge in [-0.2, -0.15) is 0 Å². The van der Waals surface area contributed by atoms with E-state index in [4.69, 9.17) is 0 Å². The van der Waals surface area contributed by atoms with Crippen molar-refractivity contribution in [2.75, 3.05) is 39.8 Å². The van der Waals surface area contributed by atoms with Crippen molar-refractivity contribution in [1.82, 2.24) is 15.5 Å². The number of halogens is 1. The van der Waals surface area contributed by atoms with E-state index in [9.17, 15) is 0 Å².